The van der Waals surface area contributed by atoms with Crippen molar-refractivity contribution in [2.75, 3.05) is 26.5 Å². The number of nitrogens with zero attached hydrogens (tertiary/aromatic N) is 4. The Morgan fingerprint density at radius 2 is 1.46 bits per heavy atom. The Morgan fingerprint density at radius 3 is 2.00 bits per heavy atom. The molecular weight excluding hydrogens is 677 g/mol. The zero-order valence-corrected chi connectivity index (χ0v) is 29.0. The number of carbonyl (C=O) groups excluding carboxylic acids is 1. The molecule has 1 amide bonds. The van der Waals surface area contributed by atoms with Crippen molar-refractivity contribution in [2.24, 2.45) is 5.14 Å². The van der Waals surface area contributed by atoms with Crippen LogP contribution in [0.4, 0.5) is 0 Å². The third-order valence-electron chi connectivity index (χ3n) is 7.98. The summed E-state index contributed by atoms with van der Waals surface area (Å²) in [4.78, 5) is 30.1. The SMILES string of the molecule is COc1nc(-c2cccc(-c3cccc(-c4cnc(CNCCCS(N)(=O)=O)c(OC)n4)c3Cl)c2Cl)cnc1CCC[C@@H]1CCC(=O)N1. The molecule has 5 rings (SSSR count). The van der Waals surface area contributed by atoms with Crippen molar-refractivity contribution in [3.05, 3.63) is 70.2 Å². The molecule has 4 aromatic rings. The van der Waals surface area contributed by atoms with Crippen molar-refractivity contribution in [1.82, 2.24) is 30.6 Å². The minimum atomic E-state index is -3.51. The highest BCUT2D eigenvalue weighted by Crippen LogP contribution is 2.42. The number of methoxy groups -OCH3 is 2. The lowest BCUT2D eigenvalue weighted by atomic mass is 9.98. The van der Waals surface area contributed by atoms with Gasteiger partial charge in [0, 0.05) is 41.3 Å². The van der Waals surface area contributed by atoms with Crippen LogP contribution >= 0.6 is 23.2 Å². The zero-order chi connectivity index (χ0) is 34.3. The minimum absolute atomic E-state index is 0.110. The van der Waals surface area contributed by atoms with Crippen LogP contribution in [0.15, 0.2) is 48.8 Å². The largest absolute Gasteiger partial charge is 0.480 e. The Bertz CT molecular complexity index is 1890. The van der Waals surface area contributed by atoms with E-state index in [0.29, 0.717) is 93.5 Å². The van der Waals surface area contributed by atoms with Crippen LogP contribution in [0.1, 0.15) is 43.5 Å². The second-order valence-corrected chi connectivity index (χ2v) is 13.8. The van der Waals surface area contributed by atoms with Gasteiger partial charge in [-0.05, 0) is 38.6 Å². The van der Waals surface area contributed by atoms with Gasteiger partial charge in [0.05, 0.1) is 53.8 Å². The van der Waals surface area contributed by atoms with Crippen molar-refractivity contribution < 1.29 is 22.7 Å². The van der Waals surface area contributed by atoms with Gasteiger partial charge < -0.3 is 20.1 Å². The van der Waals surface area contributed by atoms with Crippen LogP contribution < -0.4 is 25.2 Å². The standard InChI is InChI=1S/C33H37Cl2N7O5S/c1-46-32-25(12-3-7-20-13-14-29(43)40-20)38-18-26(41-32)23-10-4-8-21(30(23)34)22-9-5-11-24(31(22)35)27-19-39-28(33(42-27)47-2)17-37-15-6-16-48(36,44)45/h4-5,8-11,18-20,37H,3,6-7,12-17H2,1-2H3,(H,40,43)(H2,36,44,45)/t20-/m1/s1. The van der Waals surface area contributed by atoms with E-state index in [2.05, 4.69) is 25.6 Å². The van der Waals surface area contributed by atoms with Crippen LogP contribution in [0.3, 0.4) is 0 Å². The van der Waals surface area contributed by atoms with Gasteiger partial charge >= 0.3 is 0 Å². The first-order chi connectivity index (χ1) is 23.1. The van der Waals surface area contributed by atoms with Crippen LogP contribution in [0.5, 0.6) is 11.8 Å². The number of nitrogens with one attached hydrogen (secondary N) is 2. The van der Waals surface area contributed by atoms with E-state index in [0.717, 1.165) is 25.0 Å². The molecule has 1 saturated heterocycles. The number of rotatable bonds is 15. The number of primary sulfonamides is 1. The maximum atomic E-state index is 11.5. The molecule has 0 radical (unpaired) electrons. The number of hydrogen-bond acceptors (Lipinski definition) is 10. The van der Waals surface area contributed by atoms with Crippen LogP contribution in [0.2, 0.25) is 10.0 Å². The first-order valence-electron chi connectivity index (χ1n) is 15.5. The van der Waals surface area contributed by atoms with Crippen LogP contribution in [0.25, 0.3) is 33.6 Å². The molecule has 0 saturated carbocycles. The molecule has 48 heavy (non-hydrogen) atoms. The number of nitrogens with two attached hydrogens (primary N) is 1. The second kappa shape index (κ2) is 16.0. The van der Waals surface area contributed by atoms with E-state index < -0.39 is 10.0 Å². The van der Waals surface area contributed by atoms with E-state index in [9.17, 15) is 13.2 Å². The van der Waals surface area contributed by atoms with Crippen molar-refractivity contribution in [1.29, 1.82) is 0 Å². The van der Waals surface area contributed by atoms with Gasteiger partial charge in [0.15, 0.2) is 0 Å². The highest BCUT2D eigenvalue weighted by atomic mass is 35.5. The molecule has 3 heterocycles. The molecular formula is C33H37Cl2N7O5S. The number of amides is 1. The summed E-state index contributed by atoms with van der Waals surface area (Å²) in [6, 6.07) is 11.4. The number of carbonyl (C=O) groups is 1. The second-order valence-electron chi connectivity index (χ2n) is 11.3. The van der Waals surface area contributed by atoms with Gasteiger partial charge in [-0.1, -0.05) is 59.6 Å². The minimum Gasteiger partial charge on any atom is -0.480 e. The monoisotopic (exact) mass is 713 g/mol. The van der Waals surface area contributed by atoms with Gasteiger partial charge in [-0.3, -0.25) is 14.8 Å². The number of halogens is 2. The van der Waals surface area contributed by atoms with Gasteiger partial charge in [0.1, 0.15) is 11.4 Å². The lowest BCUT2D eigenvalue weighted by Gasteiger charge is -2.15. The van der Waals surface area contributed by atoms with Crippen molar-refractivity contribution in [3.63, 3.8) is 0 Å². The molecule has 1 aliphatic rings. The Kier molecular flexibility index (Phi) is 11.8. The highest BCUT2D eigenvalue weighted by molar-refractivity contribution is 7.89. The predicted molar refractivity (Wildman–Crippen MR) is 185 cm³/mol. The molecule has 12 nitrogen and oxygen atoms in total. The average molecular weight is 715 g/mol. The van der Waals surface area contributed by atoms with Crippen molar-refractivity contribution in [2.45, 2.75) is 51.1 Å². The molecule has 0 bridgehead atoms. The molecule has 0 aliphatic carbocycles. The predicted octanol–water partition coefficient (Wildman–Crippen LogP) is 4.96. The molecule has 1 atom stereocenters. The zero-order valence-electron chi connectivity index (χ0n) is 26.6. The molecule has 15 heteroatoms. The summed E-state index contributed by atoms with van der Waals surface area (Å²) in [5.41, 5.74) is 5.06. The number of sulfonamides is 1. The topological polar surface area (TPSA) is 171 Å². The summed E-state index contributed by atoms with van der Waals surface area (Å²) in [5.74, 6) is 0.745. The van der Waals surface area contributed by atoms with Crippen molar-refractivity contribution >= 4 is 39.1 Å². The highest BCUT2D eigenvalue weighted by Gasteiger charge is 2.22. The Balaban J connectivity index is 1.34. The van der Waals surface area contributed by atoms with E-state index in [-0.39, 0.29) is 17.7 Å². The Labute approximate surface area is 289 Å². The fraction of sp³-hybridized carbons (Fsp3) is 0.364. The third-order valence-corrected chi connectivity index (χ3v) is 9.65. The maximum absolute atomic E-state index is 11.5. The maximum Gasteiger partial charge on any atom is 0.237 e. The van der Waals surface area contributed by atoms with Gasteiger partial charge in [-0.2, -0.15) is 0 Å². The summed E-state index contributed by atoms with van der Waals surface area (Å²) >= 11 is 14.0. The average Bonchev–Trinajstić information content (AvgIpc) is 3.49. The van der Waals surface area contributed by atoms with Crippen molar-refractivity contribution in [3.8, 4) is 45.4 Å². The van der Waals surface area contributed by atoms with E-state index in [1.807, 2.05) is 36.4 Å². The van der Waals surface area contributed by atoms with E-state index in [1.54, 1.807) is 19.5 Å². The lowest BCUT2D eigenvalue weighted by Crippen LogP contribution is -2.25. The summed E-state index contributed by atoms with van der Waals surface area (Å²) in [6.07, 6.45) is 7.51. The quantitative estimate of drug-likeness (QED) is 0.143. The number of hydrogen-bond donors (Lipinski definition) is 3. The molecule has 1 fully saturated rings. The molecule has 254 valence electrons. The smallest absolute Gasteiger partial charge is 0.237 e. The Morgan fingerprint density at radius 1 is 0.896 bits per heavy atom. The summed E-state index contributed by atoms with van der Waals surface area (Å²) < 4.78 is 33.4. The van der Waals surface area contributed by atoms with Gasteiger partial charge in [0.25, 0.3) is 0 Å². The van der Waals surface area contributed by atoms with Gasteiger partial charge in [-0.25, -0.2) is 23.5 Å². The van der Waals surface area contributed by atoms with E-state index in [4.69, 9.17) is 42.8 Å². The molecule has 4 N–H and O–H groups in total. The Hall–Kier alpha value is -3.88. The first-order valence-corrected chi connectivity index (χ1v) is 17.9. The third kappa shape index (κ3) is 8.77. The van der Waals surface area contributed by atoms with Crippen LogP contribution in [-0.4, -0.2) is 66.8 Å². The molecule has 2 aromatic carbocycles. The van der Waals surface area contributed by atoms with Crippen LogP contribution in [0, 0.1) is 0 Å². The van der Waals surface area contributed by atoms with E-state index in [1.165, 1.54) is 7.11 Å². The number of aryl methyl sites for hydroxylation is 1. The molecule has 2 aromatic heterocycles. The number of ether oxygens (including phenoxy) is 2. The molecule has 1 aliphatic heterocycles. The molecule has 0 unspecified atom stereocenters. The van der Waals surface area contributed by atoms with Gasteiger partial charge in [0.2, 0.25) is 27.7 Å². The van der Waals surface area contributed by atoms with Gasteiger partial charge in [-0.15, -0.1) is 0 Å². The van der Waals surface area contributed by atoms with Crippen LogP contribution in [-0.2, 0) is 27.8 Å². The first kappa shape index (κ1) is 35.4. The lowest BCUT2D eigenvalue weighted by molar-refractivity contribution is -0.119. The summed E-state index contributed by atoms with van der Waals surface area (Å²) in [7, 11) is -0.441. The normalized spacial score (nSPS) is 14.6. The molecule has 0 spiro atoms. The summed E-state index contributed by atoms with van der Waals surface area (Å²) in [5, 5.41) is 12.1. The van der Waals surface area contributed by atoms with E-state index >= 15 is 0 Å². The number of aromatic nitrogens is 4. The fourth-order valence-electron chi connectivity index (χ4n) is 5.56. The summed E-state index contributed by atoms with van der Waals surface area (Å²) in [6.45, 7) is 0.758. The fourth-order valence-corrected chi connectivity index (χ4v) is 6.76. The number of benzene rings is 2.